The molecule has 58 heavy (non-hydrogen) atoms. The highest BCUT2D eigenvalue weighted by molar-refractivity contribution is 5.78. The van der Waals surface area contributed by atoms with Gasteiger partial charge in [-0.15, -0.1) is 0 Å². The monoisotopic (exact) mass is 854 g/mol. The Bertz CT molecular complexity index is 1320. The Balaban J connectivity index is 2.21. The van der Waals surface area contributed by atoms with Crippen molar-refractivity contribution in [3.8, 4) is 0 Å². The molecule has 0 spiro atoms. The second-order valence-corrected chi connectivity index (χ2v) is 13.8. The zero-order chi connectivity index (χ0) is 43.8. The van der Waals surface area contributed by atoms with Gasteiger partial charge >= 0.3 is 5.97 Å². The average Bonchev–Trinajstić information content (AvgIpc) is 3.20. The molecule has 0 aromatic heterocycles. The number of carbonyl (C=O) groups excluding carboxylic acids is 2. The fourth-order valence-corrected chi connectivity index (χ4v) is 6.64. The predicted octanol–water partition coefficient (Wildman–Crippen LogP) is -11.6. The molecule has 27 nitrogen and oxygen atoms in total. The Morgan fingerprint density at radius 3 is 1.84 bits per heavy atom. The second kappa shape index (κ2) is 21.9. The molecule has 3 fully saturated rings. The largest absolute Gasteiger partial charge is 0.477 e. The smallest absolute Gasteiger partial charge is 0.364 e. The van der Waals surface area contributed by atoms with Gasteiger partial charge in [-0.1, -0.05) is 0 Å². The number of nitrogens with one attached hydrogen (secondary N) is 2. The summed E-state index contributed by atoms with van der Waals surface area (Å²) in [5.41, 5.74) is 0. The first-order valence-corrected chi connectivity index (χ1v) is 17.8. The van der Waals surface area contributed by atoms with E-state index in [1.165, 1.54) is 0 Å². The van der Waals surface area contributed by atoms with Crippen molar-refractivity contribution in [2.45, 2.75) is 135 Å². The number of hydrogen-bond acceptors (Lipinski definition) is 24. The summed E-state index contributed by atoms with van der Waals surface area (Å²) in [7, 11) is 0. The molecule has 3 saturated heterocycles. The first-order chi connectivity index (χ1) is 27.2. The lowest BCUT2D eigenvalue weighted by atomic mass is 9.88. The average molecular weight is 855 g/mol. The number of ether oxygens (including phenoxy) is 6. The Kier molecular flexibility index (Phi) is 18.8. The van der Waals surface area contributed by atoms with Crippen LogP contribution in [0.1, 0.15) is 13.3 Å². The van der Waals surface area contributed by atoms with Crippen LogP contribution in [0.5, 0.6) is 0 Å². The van der Waals surface area contributed by atoms with Gasteiger partial charge in [0.2, 0.25) is 11.8 Å². The molecule has 3 heterocycles. The third kappa shape index (κ3) is 11.3. The Morgan fingerprint density at radius 2 is 1.33 bits per heavy atom. The Labute approximate surface area is 328 Å². The van der Waals surface area contributed by atoms with Crippen molar-refractivity contribution in [3.63, 3.8) is 0 Å². The summed E-state index contributed by atoms with van der Waals surface area (Å²) in [6.07, 6.45) is -37.3. The molecule has 27 heteroatoms. The van der Waals surface area contributed by atoms with E-state index in [9.17, 15) is 96.1 Å². The van der Waals surface area contributed by atoms with E-state index >= 15 is 0 Å². The normalized spacial score (nSPS) is 38.8. The van der Waals surface area contributed by atoms with E-state index in [0.717, 1.165) is 6.92 Å². The molecule has 0 unspecified atom stereocenters. The zero-order valence-electron chi connectivity index (χ0n) is 30.7. The van der Waals surface area contributed by atoms with E-state index in [-0.39, 0.29) is 0 Å². The van der Waals surface area contributed by atoms with Gasteiger partial charge < -0.3 is 121 Å². The lowest BCUT2D eigenvalue weighted by molar-refractivity contribution is -0.394. The molecular weight excluding hydrogens is 800 g/mol. The highest BCUT2D eigenvalue weighted by atomic mass is 16.8. The van der Waals surface area contributed by atoms with Crippen molar-refractivity contribution in [2.24, 2.45) is 0 Å². The molecule has 2 amide bonds. The maximum atomic E-state index is 13.1. The minimum Gasteiger partial charge on any atom is -0.477 e. The lowest BCUT2D eigenvalue weighted by Gasteiger charge is -2.52. The third-order valence-corrected chi connectivity index (χ3v) is 9.73. The van der Waals surface area contributed by atoms with Crippen molar-refractivity contribution in [1.82, 2.24) is 10.6 Å². The summed E-state index contributed by atoms with van der Waals surface area (Å²) >= 11 is 0. The van der Waals surface area contributed by atoms with Crippen LogP contribution in [0.15, 0.2) is 0 Å². The summed E-state index contributed by atoms with van der Waals surface area (Å²) in [6, 6.07) is -3.56. The summed E-state index contributed by atoms with van der Waals surface area (Å²) in [5.74, 6) is -7.49. The van der Waals surface area contributed by atoms with Crippen LogP contribution in [-0.2, 0) is 42.8 Å². The van der Waals surface area contributed by atoms with Crippen molar-refractivity contribution in [1.29, 1.82) is 0 Å². The quantitative estimate of drug-likeness (QED) is 0.0540. The van der Waals surface area contributed by atoms with E-state index in [1.807, 2.05) is 0 Å². The number of amides is 2. The summed E-state index contributed by atoms with van der Waals surface area (Å²) in [6.45, 7) is -5.84. The van der Waals surface area contributed by atoms with Gasteiger partial charge in [0.05, 0.1) is 45.2 Å². The molecule has 3 aliphatic rings. The number of carboxylic acids is 1. The molecule has 0 aromatic rings. The molecule has 20 atom stereocenters. The molecular formula is C31H54N2O25. The maximum Gasteiger partial charge on any atom is 0.364 e. The van der Waals surface area contributed by atoms with Crippen LogP contribution in [-0.4, -0.2) is 261 Å². The highest BCUT2D eigenvalue weighted by Gasteiger charge is 2.61. The fraction of sp³-hybridized carbons (Fsp3) is 0.903. The summed E-state index contributed by atoms with van der Waals surface area (Å²) in [4.78, 5) is 37.4. The minimum atomic E-state index is -3.32. The number of aliphatic carboxylic acids is 1. The molecule has 0 saturated carbocycles. The van der Waals surface area contributed by atoms with Crippen LogP contribution in [0.3, 0.4) is 0 Å². The van der Waals surface area contributed by atoms with Crippen LogP contribution < -0.4 is 10.6 Å². The lowest BCUT2D eigenvalue weighted by Crippen LogP contribution is -2.72. The minimum absolute atomic E-state index is 0.833. The van der Waals surface area contributed by atoms with Gasteiger partial charge in [0.1, 0.15) is 98.1 Å². The van der Waals surface area contributed by atoms with Crippen LogP contribution in [0.25, 0.3) is 0 Å². The van der Waals surface area contributed by atoms with Crippen molar-refractivity contribution >= 4 is 17.8 Å². The Hall–Kier alpha value is -2.43. The van der Waals surface area contributed by atoms with Crippen LogP contribution in [0.2, 0.25) is 0 Å². The second-order valence-electron chi connectivity index (χ2n) is 13.8. The van der Waals surface area contributed by atoms with E-state index in [1.54, 1.807) is 0 Å². The highest BCUT2D eigenvalue weighted by Crippen LogP contribution is 2.39. The van der Waals surface area contributed by atoms with Crippen molar-refractivity contribution in [2.75, 3.05) is 39.6 Å². The number of carboxylic acid groups (broad SMARTS) is 1. The number of rotatable bonds is 20. The standard InChI is InChI=1S/C31H54N2O25/c1-9(40)32-18-22(49)21(48)14(6-37)53-28(18)56-25-15(7-38)54-29(55-24(13(44)5-36)19(46)11(42)3-34)23(50)27(25)58-31(30(51)52)2-10(41)17(33-16(45)8-39)26(57-31)20(47)12(43)4-35/h10-15,17-29,34-39,41-44,46-50H,2-8H2,1H3,(H,32,40)(H,33,45)(H,51,52)/t10-,11-,12+,13+,14+,15+,17+,18+,19+,20+,21-,22+,23+,24+,25-,26+,27+,28-,29-,31-/m0/s1. The van der Waals surface area contributed by atoms with Crippen LogP contribution in [0, 0.1) is 0 Å². The number of carbonyl (C=O) groups is 3. The molecule has 3 aliphatic heterocycles. The molecule has 3 rings (SSSR count). The number of aliphatic hydroxyl groups is 15. The number of hydrogen-bond donors (Lipinski definition) is 18. The van der Waals surface area contributed by atoms with Crippen LogP contribution >= 0.6 is 0 Å². The van der Waals surface area contributed by atoms with E-state index in [4.69, 9.17) is 28.4 Å². The van der Waals surface area contributed by atoms with Crippen molar-refractivity contribution < 1.29 is 125 Å². The topological polar surface area (TPSA) is 454 Å². The maximum absolute atomic E-state index is 13.1. The summed E-state index contributed by atoms with van der Waals surface area (Å²) < 4.78 is 34.1. The molecule has 18 N–H and O–H groups in total. The van der Waals surface area contributed by atoms with E-state index < -0.39 is 186 Å². The van der Waals surface area contributed by atoms with Gasteiger partial charge in [-0.05, 0) is 0 Å². The molecule has 0 bridgehead atoms. The van der Waals surface area contributed by atoms with Gasteiger partial charge in [0.15, 0.2) is 12.6 Å². The van der Waals surface area contributed by atoms with E-state index in [2.05, 4.69) is 10.6 Å². The zero-order valence-corrected chi connectivity index (χ0v) is 30.7. The van der Waals surface area contributed by atoms with Gasteiger partial charge in [-0.3, -0.25) is 9.59 Å². The number of aliphatic hydroxyl groups excluding tert-OH is 15. The van der Waals surface area contributed by atoms with Gasteiger partial charge in [-0.2, -0.15) is 0 Å². The molecule has 0 aliphatic carbocycles. The SMILES string of the molecule is CC(=O)N[C@H]1[C@H](O[C@@H]2[C@H](O[C@]3(C(=O)O)C[C@H](O)[C@@H](NC(=O)CO)[C@H]([C@H](O)[C@H](O)CO)O3)[C@@H](O)[C@H](O[C@@H]([C@H](O)[C@@H](O)CO)[C@H](O)CO)O[C@@H]2CO)O[C@H](CO)[C@H](O)[C@@H]1O. The van der Waals surface area contributed by atoms with Gasteiger partial charge in [0, 0.05) is 13.3 Å². The predicted molar refractivity (Wildman–Crippen MR) is 178 cm³/mol. The van der Waals surface area contributed by atoms with Crippen LogP contribution in [0.4, 0.5) is 0 Å². The molecule has 0 aromatic carbocycles. The molecule has 0 radical (unpaired) electrons. The Morgan fingerprint density at radius 1 is 0.741 bits per heavy atom. The first-order valence-electron chi connectivity index (χ1n) is 17.8. The van der Waals surface area contributed by atoms with Gasteiger partial charge in [0.25, 0.3) is 5.79 Å². The molecule has 338 valence electrons. The van der Waals surface area contributed by atoms with Crippen molar-refractivity contribution in [3.05, 3.63) is 0 Å². The first kappa shape index (κ1) is 49.9. The van der Waals surface area contributed by atoms with Gasteiger partial charge in [-0.25, -0.2) is 4.79 Å². The summed E-state index contributed by atoms with van der Waals surface area (Å²) in [5, 5.41) is 170. The van der Waals surface area contributed by atoms with E-state index in [0.29, 0.717) is 0 Å². The third-order valence-electron chi connectivity index (χ3n) is 9.73. The fourth-order valence-electron chi connectivity index (χ4n) is 6.64.